The Morgan fingerprint density at radius 1 is 0.964 bits per heavy atom. The quantitative estimate of drug-likeness (QED) is 0.833. The number of carbonyl (C=O) groups excluding carboxylic acids is 1. The van der Waals surface area contributed by atoms with Gasteiger partial charge in [-0.1, -0.05) is 55.7 Å². The number of nitrogens with zero attached hydrogens (tertiary/aromatic N) is 1. The molecule has 2 fully saturated rings. The van der Waals surface area contributed by atoms with Crippen LogP contribution in [0.4, 0.5) is 5.69 Å². The Labute approximate surface area is 167 Å². The van der Waals surface area contributed by atoms with Crippen molar-refractivity contribution in [3.8, 4) is 0 Å². The number of amides is 1. The minimum Gasteiger partial charge on any atom is -0.376 e. The van der Waals surface area contributed by atoms with Gasteiger partial charge in [-0.3, -0.25) is 4.79 Å². The third-order valence-corrected chi connectivity index (χ3v) is 7.83. The maximum Gasteiger partial charge on any atom is 0.242 e. The van der Waals surface area contributed by atoms with E-state index in [9.17, 15) is 13.2 Å². The first-order valence-corrected chi connectivity index (χ1v) is 12.1. The SMILES string of the molecule is O=C(CNc1cccc2ccccc12)N(C1CCCCC1)C1CCS(=O)(=O)C1. The average Bonchev–Trinajstić information content (AvgIpc) is 3.06. The Bertz CT molecular complexity index is 946. The van der Waals surface area contributed by atoms with E-state index in [1.165, 1.54) is 6.42 Å². The van der Waals surface area contributed by atoms with Crippen LogP contribution in [-0.2, 0) is 14.6 Å². The molecule has 1 saturated heterocycles. The van der Waals surface area contributed by atoms with Gasteiger partial charge in [-0.25, -0.2) is 8.42 Å². The van der Waals surface area contributed by atoms with Crippen LogP contribution in [0.3, 0.4) is 0 Å². The molecule has 28 heavy (non-hydrogen) atoms. The summed E-state index contributed by atoms with van der Waals surface area (Å²) in [7, 11) is -3.02. The third-order valence-electron chi connectivity index (χ3n) is 6.08. The van der Waals surface area contributed by atoms with Crippen molar-refractivity contribution in [3.63, 3.8) is 0 Å². The lowest BCUT2D eigenvalue weighted by Crippen LogP contribution is -2.50. The second kappa shape index (κ2) is 8.11. The Hall–Kier alpha value is -2.08. The zero-order valence-corrected chi connectivity index (χ0v) is 17.0. The van der Waals surface area contributed by atoms with Crippen LogP contribution in [-0.4, -0.2) is 49.4 Å². The molecule has 1 unspecified atom stereocenters. The van der Waals surface area contributed by atoms with Crippen molar-refractivity contribution >= 4 is 32.2 Å². The molecule has 150 valence electrons. The zero-order valence-electron chi connectivity index (χ0n) is 16.1. The van der Waals surface area contributed by atoms with E-state index >= 15 is 0 Å². The Kier molecular flexibility index (Phi) is 5.58. The van der Waals surface area contributed by atoms with E-state index in [0.717, 1.165) is 42.1 Å². The molecular weight excluding hydrogens is 372 g/mol. The number of hydrogen-bond acceptors (Lipinski definition) is 4. The van der Waals surface area contributed by atoms with Crippen molar-refractivity contribution in [1.29, 1.82) is 0 Å². The van der Waals surface area contributed by atoms with Crippen LogP contribution < -0.4 is 5.32 Å². The van der Waals surface area contributed by atoms with Gasteiger partial charge in [0, 0.05) is 23.2 Å². The van der Waals surface area contributed by atoms with E-state index in [4.69, 9.17) is 0 Å². The molecule has 6 heteroatoms. The Morgan fingerprint density at radius 2 is 1.71 bits per heavy atom. The summed E-state index contributed by atoms with van der Waals surface area (Å²) in [5.74, 6) is 0.330. The van der Waals surface area contributed by atoms with Crippen molar-refractivity contribution in [1.82, 2.24) is 4.90 Å². The topological polar surface area (TPSA) is 66.5 Å². The highest BCUT2D eigenvalue weighted by Gasteiger charge is 2.38. The minimum atomic E-state index is -3.02. The van der Waals surface area contributed by atoms with Gasteiger partial charge >= 0.3 is 0 Å². The molecule has 4 rings (SSSR count). The molecule has 0 bridgehead atoms. The summed E-state index contributed by atoms with van der Waals surface area (Å²) in [4.78, 5) is 15.1. The molecule has 5 nitrogen and oxygen atoms in total. The van der Waals surface area contributed by atoms with E-state index in [2.05, 4.69) is 17.4 Å². The maximum atomic E-state index is 13.2. The number of sulfone groups is 1. The van der Waals surface area contributed by atoms with Gasteiger partial charge in [0.25, 0.3) is 0 Å². The summed E-state index contributed by atoms with van der Waals surface area (Å²) in [6.45, 7) is 0.195. The molecule has 1 atom stereocenters. The third kappa shape index (κ3) is 4.17. The van der Waals surface area contributed by atoms with Crippen LogP contribution in [0.1, 0.15) is 38.5 Å². The fourth-order valence-corrected chi connectivity index (χ4v) is 6.41. The van der Waals surface area contributed by atoms with Crippen molar-refractivity contribution in [2.24, 2.45) is 0 Å². The predicted molar refractivity (Wildman–Crippen MR) is 113 cm³/mol. The first kappa shape index (κ1) is 19.2. The summed E-state index contributed by atoms with van der Waals surface area (Å²) in [6.07, 6.45) is 5.97. The van der Waals surface area contributed by atoms with Gasteiger partial charge in [0.05, 0.1) is 18.1 Å². The second-order valence-electron chi connectivity index (χ2n) is 8.03. The number of rotatable bonds is 5. The molecule has 0 aromatic heterocycles. The van der Waals surface area contributed by atoms with Crippen molar-refractivity contribution in [3.05, 3.63) is 42.5 Å². The van der Waals surface area contributed by atoms with Gasteiger partial charge < -0.3 is 10.2 Å². The first-order valence-electron chi connectivity index (χ1n) is 10.3. The van der Waals surface area contributed by atoms with Crippen molar-refractivity contribution < 1.29 is 13.2 Å². The average molecular weight is 401 g/mol. The van der Waals surface area contributed by atoms with Crippen LogP contribution in [0.25, 0.3) is 10.8 Å². The molecule has 1 heterocycles. The van der Waals surface area contributed by atoms with Crippen molar-refractivity contribution in [2.45, 2.75) is 50.6 Å². The Morgan fingerprint density at radius 3 is 2.46 bits per heavy atom. The largest absolute Gasteiger partial charge is 0.376 e. The lowest BCUT2D eigenvalue weighted by atomic mass is 9.93. The molecule has 2 aliphatic rings. The minimum absolute atomic E-state index is 0.0157. The molecular formula is C22H28N2O3S. The standard InChI is InChI=1S/C22H28N2O3S/c25-22(15-23-21-12-6-8-17-7-4-5-11-20(17)21)24(18-9-2-1-3-10-18)19-13-14-28(26,27)16-19/h4-8,11-12,18-19,23H,1-3,9-10,13-16H2. The zero-order chi connectivity index (χ0) is 19.6. The first-order chi connectivity index (χ1) is 13.5. The van der Waals surface area contributed by atoms with Gasteiger partial charge in [0.1, 0.15) is 0 Å². The maximum absolute atomic E-state index is 13.2. The number of fused-ring (bicyclic) bond motifs is 1. The van der Waals surface area contributed by atoms with E-state index in [0.29, 0.717) is 6.42 Å². The van der Waals surface area contributed by atoms with Gasteiger partial charge in [-0.05, 0) is 30.7 Å². The molecule has 1 saturated carbocycles. The van der Waals surface area contributed by atoms with Gasteiger partial charge in [-0.15, -0.1) is 0 Å². The van der Waals surface area contributed by atoms with Crippen molar-refractivity contribution in [2.75, 3.05) is 23.4 Å². The predicted octanol–water partition coefficient (Wildman–Crippen LogP) is 3.60. The summed E-state index contributed by atoms with van der Waals surface area (Å²) in [6, 6.07) is 14.1. The summed E-state index contributed by atoms with van der Waals surface area (Å²) in [5.41, 5.74) is 0.939. The number of carbonyl (C=O) groups is 1. The molecule has 0 radical (unpaired) electrons. The lowest BCUT2D eigenvalue weighted by Gasteiger charge is -2.38. The van der Waals surface area contributed by atoms with Crippen LogP contribution in [0.2, 0.25) is 0 Å². The second-order valence-corrected chi connectivity index (χ2v) is 10.3. The number of anilines is 1. The van der Waals surface area contributed by atoms with Gasteiger partial charge in [0.2, 0.25) is 5.91 Å². The fourth-order valence-electron chi connectivity index (χ4n) is 4.70. The Balaban J connectivity index is 1.52. The number of benzene rings is 2. The normalized spacial score (nSPS) is 22.2. The van der Waals surface area contributed by atoms with Crippen LogP contribution in [0.5, 0.6) is 0 Å². The molecule has 1 N–H and O–H groups in total. The van der Waals surface area contributed by atoms with Crippen LogP contribution in [0, 0.1) is 0 Å². The van der Waals surface area contributed by atoms with Gasteiger partial charge in [0.15, 0.2) is 9.84 Å². The molecule has 2 aromatic rings. The molecule has 1 aliphatic heterocycles. The summed E-state index contributed by atoms with van der Waals surface area (Å²) in [5, 5.41) is 5.53. The molecule has 2 aromatic carbocycles. The smallest absolute Gasteiger partial charge is 0.242 e. The van der Waals surface area contributed by atoms with Gasteiger partial charge in [-0.2, -0.15) is 0 Å². The summed E-state index contributed by atoms with van der Waals surface area (Å²) >= 11 is 0. The molecule has 1 aliphatic carbocycles. The van der Waals surface area contributed by atoms with E-state index < -0.39 is 9.84 Å². The van der Waals surface area contributed by atoms with Crippen LogP contribution >= 0.6 is 0 Å². The molecule has 0 spiro atoms. The number of nitrogens with one attached hydrogen (secondary N) is 1. The highest BCUT2D eigenvalue weighted by atomic mass is 32.2. The highest BCUT2D eigenvalue weighted by Crippen LogP contribution is 2.29. The highest BCUT2D eigenvalue weighted by molar-refractivity contribution is 7.91. The monoisotopic (exact) mass is 400 g/mol. The lowest BCUT2D eigenvalue weighted by molar-refractivity contribution is -0.134. The number of hydrogen-bond donors (Lipinski definition) is 1. The van der Waals surface area contributed by atoms with Crippen LogP contribution in [0.15, 0.2) is 42.5 Å². The molecule has 1 amide bonds. The van der Waals surface area contributed by atoms with E-state index in [1.807, 2.05) is 35.2 Å². The summed E-state index contributed by atoms with van der Waals surface area (Å²) < 4.78 is 24.0. The van der Waals surface area contributed by atoms with E-state index in [1.54, 1.807) is 0 Å². The van der Waals surface area contributed by atoms with E-state index in [-0.39, 0.29) is 36.0 Å². The fraction of sp³-hybridized carbons (Fsp3) is 0.500.